The number of carbonyl (C=O) groups is 1. The van der Waals surface area contributed by atoms with E-state index in [1.807, 2.05) is 0 Å². The molecule has 0 aliphatic carbocycles. The first-order valence-corrected chi connectivity index (χ1v) is 6.62. The lowest BCUT2D eigenvalue weighted by molar-refractivity contribution is 0.0696. The highest BCUT2D eigenvalue weighted by molar-refractivity contribution is 7.89. The number of hydrogen-bond acceptors (Lipinski definition) is 3. The van der Waals surface area contributed by atoms with Crippen molar-refractivity contribution in [3.63, 3.8) is 0 Å². The van der Waals surface area contributed by atoms with Crippen molar-refractivity contribution in [1.82, 2.24) is 4.31 Å². The highest BCUT2D eigenvalue weighted by Gasteiger charge is 2.26. The van der Waals surface area contributed by atoms with Crippen molar-refractivity contribution in [1.29, 1.82) is 0 Å². The van der Waals surface area contributed by atoms with Gasteiger partial charge in [-0.25, -0.2) is 17.6 Å². The van der Waals surface area contributed by atoms with Gasteiger partial charge in [0.25, 0.3) is 0 Å². The molecule has 0 aromatic heterocycles. The first-order chi connectivity index (χ1) is 8.17. The molecule has 0 saturated heterocycles. The first-order valence-electron chi connectivity index (χ1n) is 5.18. The minimum absolute atomic E-state index is 0.293. The quantitative estimate of drug-likeness (QED) is 0.904. The highest BCUT2D eigenvalue weighted by atomic mass is 32.2. The van der Waals surface area contributed by atoms with Crippen LogP contribution in [0.5, 0.6) is 0 Å². The average molecular weight is 275 g/mol. The van der Waals surface area contributed by atoms with Crippen LogP contribution in [0.1, 0.15) is 24.2 Å². The van der Waals surface area contributed by atoms with E-state index in [9.17, 15) is 17.6 Å². The largest absolute Gasteiger partial charge is 0.478 e. The van der Waals surface area contributed by atoms with Gasteiger partial charge in [-0.15, -0.1) is 0 Å². The molecular weight excluding hydrogens is 261 g/mol. The minimum atomic E-state index is -3.95. The summed E-state index contributed by atoms with van der Waals surface area (Å²) in [6.45, 7) is 3.31. The Morgan fingerprint density at radius 2 is 1.94 bits per heavy atom. The number of carboxylic acids is 1. The number of rotatable bonds is 4. The second kappa shape index (κ2) is 5.03. The predicted molar refractivity (Wildman–Crippen MR) is 63.4 cm³/mol. The van der Waals surface area contributed by atoms with E-state index in [4.69, 9.17) is 5.11 Å². The summed E-state index contributed by atoms with van der Waals surface area (Å²) in [5, 5.41) is 8.67. The summed E-state index contributed by atoms with van der Waals surface area (Å²) < 4.78 is 38.7. The maximum atomic E-state index is 13.7. The van der Waals surface area contributed by atoms with Crippen molar-refractivity contribution in [2.24, 2.45) is 0 Å². The van der Waals surface area contributed by atoms with Gasteiger partial charge in [-0.05, 0) is 32.0 Å². The Kier molecular flexibility index (Phi) is 4.08. The average Bonchev–Trinajstić information content (AvgIpc) is 2.27. The molecule has 5 nitrogen and oxygen atoms in total. The summed E-state index contributed by atoms with van der Waals surface area (Å²) >= 11 is 0. The Hall–Kier alpha value is -1.47. The molecule has 0 heterocycles. The van der Waals surface area contributed by atoms with Crippen LogP contribution in [0.4, 0.5) is 4.39 Å². The summed E-state index contributed by atoms with van der Waals surface area (Å²) in [6.07, 6.45) is 0. The van der Waals surface area contributed by atoms with E-state index in [0.717, 1.165) is 16.4 Å². The summed E-state index contributed by atoms with van der Waals surface area (Å²) in [7, 11) is -2.61. The SMILES string of the molecule is CC(C)N(C)S(=O)(=O)c1ccc(C(=O)O)cc1F. The number of benzene rings is 1. The van der Waals surface area contributed by atoms with Crippen LogP contribution in [-0.4, -0.2) is 36.9 Å². The zero-order valence-corrected chi connectivity index (χ0v) is 11.0. The van der Waals surface area contributed by atoms with Crippen molar-refractivity contribution in [2.45, 2.75) is 24.8 Å². The van der Waals surface area contributed by atoms with E-state index in [1.54, 1.807) is 13.8 Å². The number of carboxylic acid groups (broad SMARTS) is 1. The molecule has 1 rings (SSSR count). The van der Waals surface area contributed by atoms with Crippen LogP contribution >= 0.6 is 0 Å². The fourth-order valence-corrected chi connectivity index (χ4v) is 2.69. The third-order valence-electron chi connectivity index (χ3n) is 2.56. The van der Waals surface area contributed by atoms with Crippen LogP contribution < -0.4 is 0 Å². The summed E-state index contributed by atoms with van der Waals surface area (Å²) in [4.78, 5) is 10.1. The van der Waals surface area contributed by atoms with E-state index < -0.39 is 26.7 Å². The van der Waals surface area contributed by atoms with Gasteiger partial charge in [-0.2, -0.15) is 4.31 Å². The van der Waals surface area contributed by atoms with E-state index in [-0.39, 0.29) is 11.6 Å². The van der Waals surface area contributed by atoms with Gasteiger partial charge in [-0.1, -0.05) is 0 Å². The van der Waals surface area contributed by atoms with Gasteiger partial charge in [0.1, 0.15) is 10.7 Å². The molecule has 7 heteroatoms. The van der Waals surface area contributed by atoms with Crippen molar-refractivity contribution in [3.05, 3.63) is 29.6 Å². The van der Waals surface area contributed by atoms with Crippen LogP contribution in [0, 0.1) is 5.82 Å². The van der Waals surface area contributed by atoms with Crippen molar-refractivity contribution >= 4 is 16.0 Å². The number of halogens is 1. The molecule has 0 spiro atoms. The highest BCUT2D eigenvalue weighted by Crippen LogP contribution is 2.21. The standard InChI is InChI=1S/C11H14FNO4S/c1-7(2)13(3)18(16,17)10-5-4-8(11(14)15)6-9(10)12/h4-7H,1-3H3,(H,14,15). The van der Waals surface area contributed by atoms with Crippen molar-refractivity contribution < 1.29 is 22.7 Å². The molecule has 1 aromatic carbocycles. The minimum Gasteiger partial charge on any atom is -0.478 e. The van der Waals surface area contributed by atoms with E-state index in [0.29, 0.717) is 6.07 Å². The molecule has 0 saturated carbocycles. The summed E-state index contributed by atoms with van der Waals surface area (Å²) in [5.74, 6) is -2.38. The Morgan fingerprint density at radius 3 is 2.33 bits per heavy atom. The zero-order valence-electron chi connectivity index (χ0n) is 10.2. The van der Waals surface area contributed by atoms with Crippen molar-refractivity contribution in [3.8, 4) is 0 Å². The number of sulfonamides is 1. The molecule has 0 amide bonds. The van der Waals surface area contributed by atoms with Gasteiger partial charge >= 0.3 is 5.97 Å². The van der Waals surface area contributed by atoms with Gasteiger partial charge in [-0.3, -0.25) is 0 Å². The Balaban J connectivity index is 3.31. The molecule has 0 fully saturated rings. The number of aromatic carboxylic acids is 1. The Labute approximate surface area is 105 Å². The second-order valence-electron chi connectivity index (χ2n) is 4.07. The lowest BCUT2D eigenvalue weighted by Gasteiger charge is -2.21. The third kappa shape index (κ3) is 2.68. The van der Waals surface area contributed by atoms with Gasteiger partial charge in [0.05, 0.1) is 5.56 Å². The van der Waals surface area contributed by atoms with Gasteiger partial charge < -0.3 is 5.11 Å². The first kappa shape index (κ1) is 14.6. The topological polar surface area (TPSA) is 74.7 Å². The fourth-order valence-electron chi connectivity index (χ4n) is 1.28. The van der Waals surface area contributed by atoms with Crippen LogP contribution in [0.15, 0.2) is 23.1 Å². The molecule has 0 radical (unpaired) electrons. The van der Waals surface area contributed by atoms with E-state index in [2.05, 4.69) is 0 Å². The molecule has 0 bridgehead atoms. The third-order valence-corrected chi connectivity index (χ3v) is 4.63. The van der Waals surface area contributed by atoms with E-state index >= 15 is 0 Å². The lowest BCUT2D eigenvalue weighted by Crippen LogP contribution is -2.33. The van der Waals surface area contributed by atoms with Crippen LogP contribution in [0.3, 0.4) is 0 Å². The predicted octanol–water partition coefficient (Wildman–Crippen LogP) is 1.55. The van der Waals surface area contributed by atoms with Crippen LogP contribution in [0.25, 0.3) is 0 Å². The van der Waals surface area contributed by atoms with Crippen LogP contribution in [-0.2, 0) is 10.0 Å². The molecule has 18 heavy (non-hydrogen) atoms. The molecule has 1 N–H and O–H groups in total. The Morgan fingerprint density at radius 1 is 1.39 bits per heavy atom. The zero-order chi connectivity index (χ0) is 14.1. The molecule has 0 aliphatic rings. The smallest absolute Gasteiger partial charge is 0.335 e. The maximum Gasteiger partial charge on any atom is 0.335 e. The van der Waals surface area contributed by atoms with Crippen LogP contribution in [0.2, 0.25) is 0 Å². The van der Waals surface area contributed by atoms with Gasteiger partial charge in [0.2, 0.25) is 10.0 Å². The molecule has 0 aliphatic heterocycles. The molecule has 0 unspecified atom stereocenters. The number of nitrogens with zero attached hydrogens (tertiary/aromatic N) is 1. The summed E-state index contributed by atoms with van der Waals surface area (Å²) in [6, 6.07) is 2.40. The lowest BCUT2D eigenvalue weighted by atomic mass is 10.2. The van der Waals surface area contributed by atoms with Gasteiger partial charge in [0, 0.05) is 13.1 Å². The summed E-state index contributed by atoms with van der Waals surface area (Å²) in [5.41, 5.74) is -0.293. The van der Waals surface area contributed by atoms with Crippen molar-refractivity contribution in [2.75, 3.05) is 7.05 Å². The normalized spacial score (nSPS) is 12.1. The fraction of sp³-hybridized carbons (Fsp3) is 0.364. The van der Waals surface area contributed by atoms with E-state index in [1.165, 1.54) is 7.05 Å². The Bertz CT molecular complexity index is 568. The number of hydrogen-bond donors (Lipinski definition) is 1. The molecular formula is C11H14FNO4S. The second-order valence-corrected chi connectivity index (χ2v) is 6.03. The molecule has 100 valence electrons. The molecule has 0 atom stereocenters. The maximum absolute atomic E-state index is 13.7. The molecule has 1 aromatic rings. The monoisotopic (exact) mass is 275 g/mol. The van der Waals surface area contributed by atoms with Gasteiger partial charge in [0.15, 0.2) is 0 Å².